The maximum atomic E-state index is 3.36. The summed E-state index contributed by atoms with van der Waals surface area (Å²) in [6.07, 6.45) is 5.53. The van der Waals surface area contributed by atoms with Crippen LogP contribution in [0.3, 0.4) is 0 Å². The second-order valence-electron chi connectivity index (χ2n) is 7.52. The van der Waals surface area contributed by atoms with Crippen LogP contribution in [0.1, 0.15) is 13.3 Å². The summed E-state index contributed by atoms with van der Waals surface area (Å²) in [6, 6.07) is 0. The molecule has 0 rings (SSSR count). The molecule has 0 unspecified atom stereocenters. The molecule has 0 aromatic rings. The molecule has 0 fully saturated rings. The van der Waals surface area contributed by atoms with Crippen LogP contribution in [0.5, 0.6) is 0 Å². The van der Waals surface area contributed by atoms with Crippen LogP contribution in [0.2, 0.25) is 39.3 Å². The fourth-order valence-electron chi connectivity index (χ4n) is 1.55. The molecule has 0 bridgehead atoms. The van der Waals surface area contributed by atoms with Crippen LogP contribution in [-0.2, 0) is 0 Å². The van der Waals surface area contributed by atoms with Crippen LogP contribution in [0.15, 0.2) is 35.0 Å². The maximum absolute atomic E-state index is 3.36. The molecule has 0 atom stereocenters. The van der Waals surface area contributed by atoms with Gasteiger partial charge in [-0.25, -0.2) is 0 Å². The summed E-state index contributed by atoms with van der Waals surface area (Å²) in [5.41, 5.74) is 11.3. The van der Waals surface area contributed by atoms with Crippen molar-refractivity contribution in [3.8, 4) is 0 Å². The van der Waals surface area contributed by atoms with E-state index < -0.39 is 16.1 Å². The van der Waals surface area contributed by atoms with Gasteiger partial charge in [0.25, 0.3) is 0 Å². The Hall–Kier alpha value is -0.566. The van der Waals surface area contributed by atoms with Crippen LogP contribution >= 0.6 is 0 Å². The van der Waals surface area contributed by atoms with Crippen LogP contribution in [0.25, 0.3) is 0 Å². The van der Waals surface area contributed by atoms with Gasteiger partial charge in [-0.2, -0.15) is 0 Å². The SMILES string of the molecule is CCCN(CC=C=C[Si](C)(C)C)CC=C=C[Si](C)(C)C. The second kappa shape index (κ2) is 9.38. The molecular weight excluding hydrogens is 274 g/mol. The highest BCUT2D eigenvalue weighted by molar-refractivity contribution is 6.81. The van der Waals surface area contributed by atoms with Crippen LogP contribution in [0, 0.1) is 0 Å². The van der Waals surface area contributed by atoms with Crippen LogP contribution < -0.4 is 0 Å². The average Bonchev–Trinajstić information content (AvgIpc) is 2.27. The lowest BCUT2D eigenvalue weighted by Gasteiger charge is -2.16. The minimum Gasteiger partial charge on any atom is -0.295 e. The molecule has 0 aliphatic heterocycles. The summed E-state index contributed by atoms with van der Waals surface area (Å²) in [6.45, 7) is 19.3. The van der Waals surface area contributed by atoms with Crippen molar-refractivity contribution in [2.24, 2.45) is 0 Å². The lowest BCUT2D eigenvalue weighted by atomic mass is 10.4. The van der Waals surface area contributed by atoms with E-state index in [0.717, 1.165) is 19.6 Å². The van der Waals surface area contributed by atoms with Crippen molar-refractivity contribution in [3.05, 3.63) is 35.0 Å². The maximum Gasteiger partial charge on any atom is 0.0781 e. The van der Waals surface area contributed by atoms with E-state index in [0.29, 0.717) is 0 Å². The standard InChI is InChI=1S/C17H33NSi2/c1-8-13-18(14-9-11-16-19(2,3)4)15-10-12-17-20(5,6)7/h9-10,16-17H,8,13-15H2,1-7H3. The van der Waals surface area contributed by atoms with E-state index in [1.165, 1.54) is 6.42 Å². The molecule has 114 valence electrons. The van der Waals surface area contributed by atoms with Gasteiger partial charge in [-0.1, -0.05) is 57.6 Å². The molecule has 0 aliphatic carbocycles. The second-order valence-corrected chi connectivity index (χ2v) is 17.6. The molecule has 0 aliphatic rings. The number of hydrogen-bond acceptors (Lipinski definition) is 1. The zero-order chi connectivity index (χ0) is 15.6. The molecule has 0 radical (unpaired) electrons. The monoisotopic (exact) mass is 307 g/mol. The molecular formula is C17H33NSi2. The molecule has 0 aromatic carbocycles. The Kier molecular flexibility index (Phi) is 9.12. The highest BCUT2D eigenvalue weighted by atomic mass is 28.3. The lowest BCUT2D eigenvalue weighted by Crippen LogP contribution is -2.24. The predicted molar refractivity (Wildman–Crippen MR) is 98.7 cm³/mol. The molecule has 0 spiro atoms. The summed E-state index contributed by atoms with van der Waals surface area (Å²) >= 11 is 0. The van der Waals surface area contributed by atoms with Crippen molar-refractivity contribution < 1.29 is 0 Å². The van der Waals surface area contributed by atoms with Crippen LogP contribution in [0.4, 0.5) is 0 Å². The first-order valence-electron chi connectivity index (χ1n) is 7.70. The van der Waals surface area contributed by atoms with Gasteiger partial charge in [-0.05, 0) is 25.1 Å². The quantitative estimate of drug-likeness (QED) is 0.456. The Morgan fingerprint density at radius 2 is 1.20 bits per heavy atom. The van der Waals surface area contributed by atoms with Crippen molar-refractivity contribution in [1.29, 1.82) is 0 Å². The third-order valence-corrected chi connectivity index (χ3v) is 4.57. The van der Waals surface area contributed by atoms with Crippen molar-refractivity contribution in [3.63, 3.8) is 0 Å². The van der Waals surface area contributed by atoms with Gasteiger partial charge in [0.05, 0.1) is 16.1 Å². The molecule has 0 N–H and O–H groups in total. The van der Waals surface area contributed by atoms with E-state index in [4.69, 9.17) is 0 Å². The van der Waals surface area contributed by atoms with E-state index in [2.05, 4.69) is 86.1 Å². The van der Waals surface area contributed by atoms with Gasteiger partial charge in [-0.3, -0.25) is 4.90 Å². The predicted octanol–water partition coefficient (Wildman–Crippen LogP) is 4.88. The van der Waals surface area contributed by atoms with Crippen molar-refractivity contribution in [1.82, 2.24) is 4.90 Å². The zero-order valence-electron chi connectivity index (χ0n) is 14.6. The molecule has 0 aromatic heterocycles. The molecule has 3 heteroatoms. The Morgan fingerprint density at radius 3 is 1.50 bits per heavy atom. The first-order chi connectivity index (χ1) is 9.14. The molecule has 0 saturated carbocycles. The normalized spacial score (nSPS) is 11.6. The van der Waals surface area contributed by atoms with Crippen molar-refractivity contribution in [2.75, 3.05) is 19.6 Å². The van der Waals surface area contributed by atoms with Gasteiger partial charge in [-0.15, -0.1) is 11.5 Å². The topological polar surface area (TPSA) is 3.24 Å². The number of hydrogen-bond donors (Lipinski definition) is 0. The third kappa shape index (κ3) is 13.9. The highest BCUT2D eigenvalue weighted by Crippen LogP contribution is 2.01. The van der Waals surface area contributed by atoms with Gasteiger partial charge < -0.3 is 0 Å². The van der Waals surface area contributed by atoms with E-state index in [9.17, 15) is 0 Å². The molecule has 1 nitrogen and oxygen atoms in total. The van der Waals surface area contributed by atoms with E-state index in [1.54, 1.807) is 0 Å². The highest BCUT2D eigenvalue weighted by Gasteiger charge is 2.06. The van der Waals surface area contributed by atoms with Crippen molar-refractivity contribution in [2.45, 2.75) is 52.6 Å². The Labute approximate surface area is 128 Å². The fraction of sp³-hybridized carbons (Fsp3) is 0.647. The minimum absolute atomic E-state index is 0.986. The summed E-state index contributed by atoms with van der Waals surface area (Å²) in [5.74, 6) is 0. The van der Waals surface area contributed by atoms with Crippen molar-refractivity contribution >= 4 is 16.1 Å². The van der Waals surface area contributed by atoms with E-state index >= 15 is 0 Å². The van der Waals surface area contributed by atoms with Gasteiger partial charge in [0, 0.05) is 13.1 Å². The number of rotatable bonds is 8. The summed E-state index contributed by atoms with van der Waals surface area (Å²) in [5, 5.41) is 0. The minimum atomic E-state index is -1.11. The van der Waals surface area contributed by atoms with Gasteiger partial charge in [0.2, 0.25) is 0 Å². The summed E-state index contributed by atoms with van der Waals surface area (Å²) in [7, 11) is -2.21. The summed E-state index contributed by atoms with van der Waals surface area (Å²) < 4.78 is 0. The van der Waals surface area contributed by atoms with Gasteiger partial charge in [0.1, 0.15) is 0 Å². The first-order valence-corrected chi connectivity index (χ1v) is 14.9. The first kappa shape index (κ1) is 19.4. The Balaban J connectivity index is 4.45. The smallest absolute Gasteiger partial charge is 0.0781 e. The fourth-order valence-corrected chi connectivity index (χ4v) is 2.79. The van der Waals surface area contributed by atoms with E-state index in [-0.39, 0.29) is 0 Å². The van der Waals surface area contributed by atoms with Crippen LogP contribution in [-0.4, -0.2) is 40.7 Å². The molecule has 0 amide bonds. The molecule has 0 heterocycles. The third-order valence-electron chi connectivity index (χ3n) is 2.51. The lowest BCUT2D eigenvalue weighted by molar-refractivity contribution is 0.336. The largest absolute Gasteiger partial charge is 0.295 e. The zero-order valence-corrected chi connectivity index (χ0v) is 16.6. The molecule has 0 saturated heterocycles. The Morgan fingerprint density at radius 1 is 0.800 bits per heavy atom. The summed E-state index contributed by atoms with van der Waals surface area (Å²) in [4.78, 5) is 2.44. The Bertz CT molecular complexity index is 348. The average molecular weight is 308 g/mol. The molecule has 20 heavy (non-hydrogen) atoms. The van der Waals surface area contributed by atoms with Gasteiger partial charge >= 0.3 is 0 Å². The van der Waals surface area contributed by atoms with Gasteiger partial charge in [0.15, 0.2) is 0 Å². The number of nitrogens with zero attached hydrogens (tertiary/aromatic N) is 1. The van der Waals surface area contributed by atoms with E-state index in [1.807, 2.05) is 0 Å².